The third kappa shape index (κ3) is 3.44. The SMILES string of the molecule is CCN(CC)Cc1c(OC)ccc2cc3ccccc3cc12.Cl. The van der Waals surface area contributed by atoms with Crippen molar-refractivity contribution in [3.05, 3.63) is 54.1 Å². The highest BCUT2D eigenvalue weighted by atomic mass is 35.5. The zero-order valence-electron chi connectivity index (χ0n) is 14.0. The van der Waals surface area contributed by atoms with E-state index in [0.29, 0.717) is 0 Å². The van der Waals surface area contributed by atoms with E-state index < -0.39 is 0 Å². The molecule has 0 atom stereocenters. The van der Waals surface area contributed by atoms with Crippen LogP contribution in [-0.2, 0) is 6.54 Å². The van der Waals surface area contributed by atoms with E-state index >= 15 is 0 Å². The van der Waals surface area contributed by atoms with Gasteiger partial charge in [-0.1, -0.05) is 44.2 Å². The number of nitrogens with zero attached hydrogens (tertiary/aromatic N) is 1. The number of hydrogen-bond acceptors (Lipinski definition) is 2. The summed E-state index contributed by atoms with van der Waals surface area (Å²) in [6, 6.07) is 17.4. The maximum Gasteiger partial charge on any atom is 0.123 e. The molecule has 0 saturated heterocycles. The molecule has 0 bridgehead atoms. The summed E-state index contributed by atoms with van der Waals surface area (Å²) in [5, 5.41) is 5.14. The lowest BCUT2D eigenvalue weighted by Crippen LogP contribution is -2.22. The summed E-state index contributed by atoms with van der Waals surface area (Å²) in [6.07, 6.45) is 0. The van der Waals surface area contributed by atoms with Crippen molar-refractivity contribution >= 4 is 34.0 Å². The zero-order valence-corrected chi connectivity index (χ0v) is 14.8. The van der Waals surface area contributed by atoms with Gasteiger partial charge in [-0.15, -0.1) is 12.4 Å². The Morgan fingerprint density at radius 3 is 2.13 bits per heavy atom. The largest absolute Gasteiger partial charge is 0.496 e. The van der Waals surface area contributed by atoms with E-state index in [0.717, 1.165) is 25.4 Å². The van der Waals surface area contributed by atoms with Gasteiger partial charge in [-0.25, -0.2) is 0 Å². The van der Waals surface area contributed by atoms with Crippen molar-refractivity contribution in [1.29, 1.82) is 0 Å². The van der Waals surface area contributed by atoms with Crippen LogP contribution in [0.4, 0.5) is 0 Å². The normalized spacial score (nSPS) is 11.0. The molecular formula is C20H24ClNO. The van der Waals surface area contributed by atoms with Gasteiger partial charge in [0.2, 0.25) is 0 Å². The highest BCUT2D eigenvalue weighted by Crippen LogP contribution is 2.32. The first-order valence-electron chi connectivity index (χ1n) is 7.97. The maximum atomic E-state index is 5.63. The molecule has 0 spiro atoms. The summed E-state index contributed by atoms with van der Waals surface area (Å²) in [5.41, 5.74) is 1.29. The number of fused-ring (bicyclic) bond motifs is 2. The zero-order chi connectivity index (χ0) is 15.5. The number of hydrogen-bond donors (Lipinski definition) is 0. The van der Waals surface area contributed by atoms with E-state index in [1.54, 1.807) is 7.11 Å². The van der Waals surface area contributed by atoms with Gasteiger partial charge in [0.25, 0.3) is 0 Å². The third-order valence-corrected chi connectivity index (χ3v) is 4.45. The van der Waals surface area contributed by atoms with Gasteiger partial charge in [0, 0.05) is 12.1 Å². The molecule has 0 aromatic heterocycles. The van der Waals surface area contributed by atoms with Crippen molar-refractivity contribution in [2.45, 2.75) is 20.4 Å². The molecule has 3 aromatic carbocycles. The van der Waals surface area contributed by atoms with E-state index in [1.165, 1.54) is 27.1 Å². The number of ether oxygens (including phenoxy) is 1. The monoisotopic (exact) mass is 329 g/mol. The lowest BCUT2D eigenvalue weighted by atomic mass is 9.98. The van der Waals surface area contributed by atoms with Gasteiger partial charge in [-0.3, -0.25) is 4.90 Å². The molecule has 0 N–H and O–H groups in total. The first kappa shape index (κ1) is 17.6. The minimum absolute atomic E-state index is 0. The summed E-state index contributed by atoms with van der Waals surface area (Å²) in [5.74, 6) is 0.981. The summed E-state index contributed by atoms with van der Waals surface area (Å²) < 4.78 is 5.63. The van der Waals surface area contributed by atoms with Crippen LogP contribution in [0.3, 0.4) is 0 Å². The van der Waals surface area contributed by atoms with Crippen molar-refractivity contribution in [2.75, 3.05) is 20.2 Å². The Bertz CT molecular complexity index is 796. The molecule has 0 heterocycles. The predicted octanol–water partition coefficient (Wildman–Crippen LogP) is 5.27. The Morgan fingerprint density at radius 1 is 0.870 bits per heavy atom. The molecule has 0 radical (unpaired) electrons. The molecule has 0 unspecified atom stereocenters. The summed E-state index contributed by atoms with van der Waals surface area (Å²) >= 11 is 0. The molecule has 3 rings (SSSR count). The van der Waals surface area contributed by atoms with Crippen LogP contribution in [0.1, 0.15) is 19.4 Å². The number of halogens is 1. The van der Waals surface area contributed by atoms with Crippen LogP contribution in [0.5, 0.6) is 5.75 Å². The quantitative estimate of drug-likeness (QED) is 0.591. The topological polar surface area (TPSA) is 12.5 Å². The van der Waals surface area contributed by atoms with Gasteiger partial charge >= 0.3 is 0 Å². The second-order valence-corrected chi connectivity index (χ2v) is 5.63. The number of rotatable bonds is 5. The molecule has 0 aliphatic heterocycles. The van der Waals surface area contributed by atoms with Gasteiger partial charge in [-0.2, -0.15) is 0 Å². The fraction of sp³-hybridized carbons (Fsp3) is 0.300. The van der Waals surface area contributed by atoms with Crippen molar-refractivity contribution in [2.24, 2.45) is 0 Å². The van der Waals surface area contributed by atoms with E-state index in [9.17, 15) is 0 Å². The Labute approximate surface area is 144 Å². The van der Waals surface area contributed by atoms with Crippen molar-refractivity contribution in [1.82, 2.24) is 4.90 Å². The van der Waals surface area contributed by atoms with Crippen LogP contribution in [0, 0.1) is 0 Å². The fourth-order valence-electron chi connectivity index (χ4n) is 3.08. The Kier molecular flexibility index (Phi) is 5.86. The van der Waals surface area contributed by atoms with Gasteiger partial charge < -0.3 is 4.74 Å². The van der Waals surface area contributed by atoms with Gasteiger partial charge in [0.05, 0.1) is 7.11 Å². The first-order valence-corrected chi connectivity index (χ1v) is 7.97. The Hall–Kier alpha value is -1.77. The van der Waals surface area contributed by atoms with Crippen molar-refractivity contribution in [3.8, 4) is 5.75 Å². The van der Waals surface area contributed by atoms with E-state index in [-0.39, 0.29) is 12.4 Å². The molecular weight excluding hydrogens is 306 g/mol. The van der Waals surface area contributed by atoms with Crippen LogP contribution < -0.4 is 4.74 Å². The minimum atomic E-state index is 0. The van der Waals surface area contributed by atoms with Crippen LogP contribution >= 0.6 is 12.4 Å². The average molecular weight is 330 g/mol. The first-order chi connectivity index (χ1) is 10.8. The van der Waals surface area contributed by atoms with Crippen LogP contribution in [0.2, 0.25) is 0 Å². The third-order valence-electron chi connectivity index (χ3n) is 4.45. The van der Waals surface area contributed by atoms with E-state index in [2.05, 4.69) is 67.3 Å². The highest BCUT2D eigenvalue weighted by molar-refractivity contribution is 6.00. The molecule has 2 nitrogen and oxygen atoms in total. The Morgan fingerprint density at radius 2 is 1.52 bits per heavy atom. The lowest BCUT2D eigenvalue weighted by molar-refractivity contribution is 0.290. The molecule has 122 valence electrons. The predicted molar refractivity (Wildman–Crippen MR) is 102 cm³/mol. The van der Waals surface area contributed by atoms with Gasteiger partial charge in [0.1, 0.15) is 5.75 Å². The van der Waals surface area contributed by atoms with Crippen LogP contribution in [0.25, 0.3) is 21.5 Å². The number of benzene rings is 3. The molecule has 0 aliphatic rings. The maximum absolute atomic E-state index is 5.63. The highest BCUT2D eigenvalue weighted by Gasteiger charge is 2.12. The smallest absolute Gasteiger partial charge is 0.123 e. The Balaban J connectivity index is 0.00000192. The summed E-state index contributed by atoms with van der Waals surface area (Å²) in [7, 11) is 1.76. The summed E-state index contributed by atoms with van der Waals surface area (Å²) in [6.45, 7) is 7.42. The molecule has 3 aromatic rings. The van der Waals surface area contributed by atoms with E-state index in [1.807, 2.05) is 0 Å². The molecule has 3 heteroatoms. The standard InChI is InChI=1S/C20H23NO.ClH/c1-4-21(5-2)14-19-18-13-16-9-7-6-8-15(16)12-17(18)10-11-20(19)22-3;/h6-13H,4-5,14H2,1-3H3;1H. The minimum Gasteiger partial charge on any atom is -0.496 e. The molecule has 23 heavy (non-hydrogen) atoms. The van der Waals surface area contributed by atoms with Gasteiger partial charge in [0.15, 0.2) is 0 Å². The molecule has 0 amide bonds. The average Bonchev–Trinajstić information content (AvgIpc) is 2.57. The van der Waals surface area contributed by atoms with Crippen LogP contribution in [-0.4, -0.2) is 25.1 Å². The fourth-order valence-corrected chi connectivity index (χ4v) is 3.08. The molecule has 0 saturated carbocycles. The van der Waals surface area contributed by atoms with Crippen LogP contribution in [0.15, 0.2) is 48.5 Å². The molecule has 0 aliphatic carbocycles. The summed E-state index contributed by atoms with van der Waals surface area (Å²) in [4.78, 5) is 2.42. The second kappa shape index (κ2) is 7.67. The lowest BCUT2D eigenvalue weighted by Gasteiger charge is -2.21. The van der Waals surface area contributed by atoms with Gasteiger partial charge in [-0.05, 0) is 52.8 Å². The second-order valence-electron chi connectivity index (χ2n) is 5.63. The molecule has 0 fully saturated rings. The van der Waals surface area contributed by atoms with Crippen molar-refractivity contribution in [3.63, 3.8) is 0 Å². The van der Waals surface area contributed by atoms with E-state index in [4.69, 9.17) is 4.74 Å². The number of methoxy groups -OCH3 is 1. The van der Waals surface area contributed by atoms with Crippen molar-refractivity contribution < 1.29 is 4.74 Å².